The maximum Gasteiger partial charge on any atom is 0.00508 e. The molecule has 1 atom stereocenters. The number of hydrogen-bond donors (Lipinski definition) is 1. The highest BCUT2D eigenvalue weighted by atomic mass is 15.1. The Hall–Kier alpha value is -0.0800. The fourth-order valence-electron chi connectivity index (χ4n) is 2.41. The predicted molar refractivity (Wildman–Crippen MR) is 71.9 cm³/mol. The third-order valence-corrected chi connectivity index (χ3v) is 3.57. The minimum absolute atomic E-state index is 0.686. The summed E-state index contributed by atoms with van der Waals surface area (Å²) in [5, 5.41) is 3.57. The second-order valence-electron chi connectivity index (χ2n) is 5.25. The molecule has 0 aromatic rings. The van der Waals surface area contributed by atoms with E-state index in [2.05, 4.69) is 24.1 Å². The molecule has 0 saturated carbocycles. The van der Waals surface area contributed by atoms with Gasteiger partial charge in [-0.3, -0.25) is 0 Å². The van der Waals surface area contributed by atoms with Crippen LogP contribution in [0.4, 0.5) is 0 Å². The smallest absolute Gasteiger partial charge is 0.00508 e. The molecule has 1 fully saturated rings. The van der Waals surface area contributed by atoms with Crippen LogP contribution in [0.25, 0.3) is 0 Å². The second-order valence-corrected chi connectivity index (χ2v) is 5.25. The van der Waals surface area contributed by atoms with E-state index in [0.717, 1.165) is 0 Å². The monoisotopic (exact) mass is 226 g/mol. The van der Waals surface area contributed by atoms with Gasteiger partial charge in [0.1, 0.15) is 0 Å². The third-order valence-electron chi connectivity index (χ3n) is 3.57. The van der Waals surface area contributed by atoms with Crippen LogP contribution in [0.2, 0.25) is 0 Å². The molecule has 0 bridgehead atoms. The van der Waals surface area contributed by atoms with Crippen molar-refractivity contribution in [3.05, 3.63) is 0 Å². The van der Waals surface area contributed by atoms with Crippen LogP contribution in [0.3, 0.4) is 0 Å². The van der Waals surface area contributed by atoms with Crippen molar-refractivity contribution in [3.8, 4) is 0 Å². The zero-order valence-corrected chi connectivity index (χ0v) is 11.3. The van der Waals surface area contributed by atoms with Crippen molar-refractivity contribution in [1.29, 1.82) is 0 Å². The first-order valence-electron chi connectivity index (χ1n) is 7.28. The molecule has 0 aromatic carbocycles. The molecule has 1 aliphatic rings. The fraction of sp³-hybridized carbons (Fsp3) is 1.00. The van der Waals surface area contributed by atoms with Crippen molar-refractivity contribution in [3.63, 3.8) is 0 Å². The summed E-state index contributed by atoms with van der Waals surface area (Å²) in [5.41, 5.74) is 0. The van der Waals surface area contributed by atoms with Gasteiger partial charge >= 0.3 is 0 Å². The van der Waals surface area contributed by atoms with Crippen LogP contribution < -0.4 is 5.32 Å². The van der Waals surface area contributed by atoms with Crippen LogP contribution >= 0.6 is 0 Å². The van der Waals surface area contributed by atoms with E-state index in [4.69, 9.17) is 0 Å². The van der Waals surface area contributed by atoms with Gasteiger partial charge in [-0.15, -0.1) is 0 Å². The fourth-order valence-corrected chi connectivity index (χ4v) is 2.41. The maximum absolute atomic E-state index is 3.57. The second kappa shape index (κ2) is 9.00. The Morgan fingerprint density at radius 1 is 1.06 bits per heavy atom. The van der Waals surface area contributed by atoms with Crippen LogP contribution in [-0.2, 0) is 0 Å². The average molecular weight is 226 g/mol. The molecule has 1 saturated heterocycles. The Labute approximate surface area is 102 Å². The van der Waals surface area contributed by atoms with Crippen molar-refractivity contribution in [1.82, 2.24) is 10.2 Å². The topological polar surface area (TPSA) is 15.3 Å². The number of hydrogen-bond acceptors (Lipinski definition) is 2. The van der Waals surface area contributed by atoms with Crippen molar-refractivity contribution in [2.24, 2.45) is 0 Å². The summed E-state index contributed by atoms with van der Waals surface area (Å²) in [7, 11) is 0. The van der Waals surface area contributed by atoms with Gasteiger partial charge in [-0.1, -0.05) is 26.2 Å². The van der Waals surface area contributed by atoms with Gasteiger partial charge in [0, 0.05) is 6.04 Å². The first-order valence-corrected chi connectivity index (χ1v) is 7.28. The highest BCUT2D eigenvalue weighted by Crippen LogP contribution is 2.10. The van der Waals surface area contributed by atoms with Crippen LogP contribution in [0, 0.1) is 0 Å². The zero-order chi connectivity index (χ0) is 11.6. The quantitative estimate of drug-likeness (QED) is 0.749. The van der Waals surface area contributed by atoms with E-state index in [1.165, 1.54) is 71.1 Å². The Morgan fingerprint density at radius 2 is 1.69 bits per heavy atom. The van der Waals surface area contributed by atoms with Gasteiger partial charge in [0.15, 0.2) is 0 Å². The summed E-state index contributed by atoms with van der Waals surface area (Å²) in [5.74, 6) is 0. The Morgan fingerprint density at radius 3 is 2.31 bits per heavy atom. The van der Waals surface area contributed by atoms with Crippen LogP contribution in [0.1, 0.15) is 58.8 Å². The lowest BCUT2D eigenvalue weighted by molar-refractivity contribution is 0.236. The molecule has 0 radical (unpaired) electrons. The van der Waals surface area contributed by atoms with Crippen molar-refractivity contribution >= 4 is 0 Å². The third kappa shape index (κ3) is 6.49. The predicted octanol–water partition coefficient (Wildman–Crippen LogP) is 3.03. The molecule has 16 heavy (non-hydrogen) atoms. The molecule has 1 unspecified atom stereocenters. The summed E-state index contributed by atoms with van der Waals surface area (Å²) in [6.07, 6.45) is 9.73. The summed E-state index contributed by atoms with van der Waals surface area (Å²) >= 11 is 0. The van der Waals surface area contributed by atoms with Gasteiger partial charge < -0.3 is 10.2 Å². The van der Waals surface area contributed by atoms with E-state index in [1.54, 1.807) is 0 Å². The highest BCUT2D eigenvalue weighted by molar-refractivity contribution is 4.67. The van der Waals surface area contributed by atoms with Gasteiger partial charge in [-0.05, 0) is 58.8 Å². The summed E-state index contributed by atoms with van der Waals surface area (Å²) in [4.78, 5) is 2.67. The Balaban J connectivity index is 2.09. The SMILES string of the molecule is CCCNC(C)CCN1CCCCCCC1. The average Bonchev–Trinajstić information content (AvgIpc) is 2.25. The van der Waals surface area contributed by atoms with E-state index in [-0.39, 0.29) is 0 Å². The highest BCUT2D eigenvalue weighted by Gasteiger charge is 2.09. The molecule has 1 aliphatic heterocycles. The maximum atomic E-state index is 3.57. The number of nitrogens with one attached hydrogen (secondary N) is 1. The zero-order valence-electron chi connectivity index (χ0n) is 11.3. The standard InChI is InChI=1S/C14H30N2/c1-3-10-15-14(2)9-13-16-11-7-5-4-6-8-12-16/h14-15H,3-13H2,1-2H3. The van der Waals surface area contributed by atoms with Gasteiger partial charge in [0.05, 0.1) is 0 Å². The van der Waals surface area contributed by atoms with Gasteiger partial charge in [-0.2, -0.15) is 0 Å². The molecule has 1 N–H and O–H groups in total. The van der Waals surface area contributed by atoms with E-state index in [1.807, 2.05) is 0 Å². The van der Waals surface area contributed by atoms with E-state index < -0.39 is 0 Å². The molecule has 2 heteroatoms. The van der Waals surface area contributed by atoms with Gasteiger partial charge in [-0.25, -0.2) is 0 Å². The Bertz CT molecular complexity index is 151. The molecule has 0 amide bonds. The summed E-state index contributed by atoms with van der Waals surface area (Å²) in [6.45, 7) is 9.68. The number of likely N-dealkylation sites (tertiary alicyclic amines) is 1. The van der Waals surface area contributed by atoms with E-state index >= 15 is 0 Å². The molecule has 2 nitrogen and oxygen atoms in total. The summed E-state index contributed by atoms with van der Waals surface area (Å²) < 4.78 is 0. The van der Waals surface area contributed by atoms with Crippen LogP contribution in [0.15, 0.2) is 0 Å². The van der Waals surface area contributed by atoms with Crippen molar-refractivity contribution < 1.29 is 0 Å². The number of rotatable bonds is 6. The first-order chi connectivity index (χ1) is 7.83. The lowest BCUT2D eigenvalue weighted by Gasteiger charge is -2.26. The van der Waals surface area contributed by atoms with E-state index in [0.29, 0.717) is 6.04 Å². The normalized spacial score (nSPS) is 21.4. The molecule has 1 heterocycles. The largest absolute Gasteiger partial charge is 0.314 e. The summed E-state index contributed by atoms with van der Waals surface area (Å²) in [6, 6.07) is 0.686. The van der Waals surface area contributed by atoms with Crippen molar-refractivity contribution in [2.45, 2.75) is 64.8 Å². The van der Waals surface area contributed by atoms with Gasteiger partial charge in [0.25, 0.3) is 0 Å². The minimum Gasteiger partial charge on any atom is -0.314 e. The number of nitrogens with zero attached hydrogens (tertiary/aromatic N) is 1. The lowest BCUT2D eigenvalue weighted by Crippen LogP contribution is -2.34. The first kappa shape index (κ1) is 14.0. The molecule has 0 aromatic heterocycles. The van der Waals surface area contributed by atoms with Crippen molar-refractivity contribution in [2.75, 3.05) is 26.2 Å². The lowest BCUT2D eigenvalue weighted by atomic mass is 10.1. The molecular formula is C14H30N2. The molecule has 96 valence electrons. The molecule has 1 rings (SSSR count). The molecular weight excluding hydrogens is 196 g/mol. The van der Waals surface area contributed by atoms with Crippen LogP contribution in [0.5, 0.6) is 0 Å². The van der Waals surface area contributed by atoms with Gasteiger partial charge in [0.2, 0.25) is 0 Å². The van der Waals surface area contributed by atoms with Crippen LogP contribution in [-0.4, -0.2) is 37.1 Å². The van der Waals surface area contributed by atoms with E-state index in [9.17, 15) is 0 Å². The molecule has 0 spiro atoms. The molecule has 0 aliphatic carbocycles. The minimum atomic E-state index is 0.686. The Kier molecular flexibility index (Phi) is 7.87.